The van der Waals surface area contributed by atoms with Crippen LogP contribution in [0.2, 0.25) is 0 Å². The Morgan fingerprint density at radius 3 is 2.36 bits per heavy atom. The van der Waals surface area contributed by atoms with Crippen LogP contribution < -0.4 is 10.2 Å². The number of hydrogen-bond acceptors (Lipinski definition) is 9. The van der Waals surface area contributed by atoms with Crippen LogP contribution in [0.5, 0.6) is 0 Å². The Morgan fingerprint density at radius 1 is 1.07 bits per heavy atom. The Hall–Kier alpha value is -3.51. The highest BCUT2D eigenvalue weighted by atomic mass is 31.2. The summed E-state index contributed by atoms with van der Waals surface area (Å²) in [5.74, 6) is -1.13. The number of carboxylic acid groups (broad SMARTS) is 1. The molecule has 4 rings (SSSR count). The molecule has 2 aliphatic rings. The van der Waals surface area contributed by atoms with Gasteiger partial charge in [0.1, 0.15) is 11.7 Å². The van der Waals surface area contributed by atoms with Crippen LogP contribution in [-0.2, 0) is 23.1 Å². The summed E-state index contributed by atoms with van der Waals surface area (Å²) in [5.41, 5.74) is 2.29. The van der Waals surface area contributed by atoms with Gasteiger partial charge in [0, 0.05) is 57.1 Å². The number of carbonyl (C=O) groups excluding carboxylic acids is 2. The van der Waals surface area contributed by atoms with Crippen molar-refractivity contribution in [3.05, 3.63) is 48.2 Å². The fourth-order valence-corrected chi connectivity index (χ4v) is 7.33. The van der Waals surface area contributed by atoms with Crippen LogP contribution >= 0.6 is 7.60 Å². The molecule has 0 spiro atoms. The summed E-state index contributed by atoms with van der Waals surface area (Å²) in [4.78, 5) is 48.9. The molecule has 0 radical (unpaired) electrons. The summed E-state index contributed by atoms with van der Waals surface area (Å²) in [6, 6.07) is 11.3. The Balaban J connectivity index is 1.67. The smallest absolute Gasteiger partial charge is 0.407 e. The van der Waals surface area contributed by atoms with E-state index in [4.69, 9.17) is 13.8 Å². The van der Waals surface area contributed by atoms with Crippen molar-refractivity contribution in [2.75, 3.05) is 64.1 Å². The van der Waals surface area contributed by atoms with Crippen molar-refractivity contribution in [2.24, 2.45) is 0 Å². The Bertz CT molecular complexity index is 1350. The fourth-order valence-electron chi connectivity index (χ4n) is 5.56. The van der Waals surface area contributed by atoms with Crippen molar-refractivity contribution < 1.29 is 37.8 Å². The van der Waals surface area contributed by atoms with Gasteiger partial charge in [0.05, 0.1) is 31.2 Å². The maximum absolute atomic E-state index is 13.9. The SMILES string of the molecule is CCOP(=O)(C[C@H](NC(=O)c1cc(N2CC[C@H](OC)C2)cc(-c2ccccc2)n1)C(=O)N1CCN(C(=O)O)CC1C)OCC. The highest BCUT2D eigenvalue weighted by Gasteiger charge is 2.39. The van der Waals surface area contributed by atoms with Gasteiger partial charge in [0.15, 0.2) is 0 Å². The van der Waals surface area contributed by atoms with Gasteiger partial charge in [-0.3, -0.25) is 14.2 Å². The van der Waals surface area contributed by atoms with Gasteiger partial charge in [0.25, 0.3) is 5.91 Å². The van der Waals surface area contributed by atoms with E-state index in [1.165, 1.54) is 9.80 Å². The number of anilines is 1. The summed E-state index contributed by atoms with van der Waals surface area (Å²) < 4.78 is 30.1. The zero-order valence-corrected chi connectivity index (χ0v) is 26.6. The molecule has 0 saturated carbocycles. The van der Waals surface area contributed by atoms with Crippen LogP contribution in [0.3, 0.4) is 0 Å². The molecule has 0 bridgehead atoms. The molecule has 1 aromatic carbocycles. The van der Waals surface area contributed by atoms with Crippen LogP contribution in [0, 0.1) is 0 Å². The summed E-state index contributed by atoms with van der Waals surface area (Å²) in [7, 11) is -2.10. The van der Waals surface area contributed by atoms with Crippen molar-refractivity contribution in [1.29, 1.82) is 0 Å². The molecule has 2 saturated heterocycles. The number of pyridine rings is 1. The quantitative estimate of drug-likeness (QED) is 0.333. The number of methoxy groups -OCH3 is 1. The van der Waals surface area contributed by atoms with E-state index in [0.29, 0.717) is 12.2 Å². The molecule has 3 heterocycles. The summed E-state index contributed by atoms with van der Waals surface area (Å²) in [6.07, 6.45) is -0.550. The second kappa shape index (κ2) is 15.0. The number of hydrogen-bond donors (Lipinski definition) is 2. The van der Waals surface area contributed by atoms with Crippen molar-refractivity contribution in [1.82, 2.24) is 20.1 Å². The van der Waals surface area contributed by atoms with Crippen molar-refractivity contribution >= 4 is 31.2 Å². The van der Waals surface area contributed by atoms with Crippen LogP contribution in [0.1, 0.15) is 37.7 Å². The third kappa shape index (κ3) is 8.15. The predicted molar refractivity (Wildman–Crippen MR) is 165 cm³/mol. The van der Waals surface area contributed by atoms with Gasteiger partial charge in [-0.15, -0.1) is 0 Å². The monoisotopic (exact) mass is 631 g/mol. The number of nitrogens with one attached hydrogen (secondary N) is 1. The van der Waals surface area contributed by atoms with E-state index >= 15 is 0 Å². The maximum atomic E-state index is 13.9. The second-order valence-electron chi connectivity index (χ2n) is 10.8. The minimum Gasteiger partial charge on any atom is -0.465 e. The molecule has 13 nitrogen and oxygen atoms in total. The minimum atomic E-state index is -3.78. The van der Waals surface area contributed by atoms with Gasteiger partial charge in [-0.25, -0.2) is 9.78 Å². The van der Waals surface area contributed by atoms with E-state index in [-0.39, 0.29) is 44.6 Å². The Kier molecular flexibility index (Phi) is 11.4. The van der Waals surface area contributed by atoms with Gasteiger partial charge in [-0.1, -0.05) is 30.3 Å². The number of piperazine rings is 1. The highest BCUT2D eigenvalue weighted by Crippen LogP contribution is 2.48. The molecule has 1 aromatic heterocycles. The average molecular weight is 632 g/mol. The molecular formula is C30H42N5O8P. The Labute approximate surface area is 258 Å². The van der Waals surface area contributed by atoms with Gasteiger partial charge in [0.2, 0.25) is 5.91 Å². The molecule has 2 aliphatic heterocycles. The lowest BCUT2D eigenvalue weighted by molar-refractivity contribution is -0.137. The molecule has 3 amide bonds. The molecule has 44 heavy (non-hydrogen) atoms. The fraction of sp³-hybridized carbons (Fsp3) is 0.533. The predicted octanol–water partition coefficient (Wildman–Crippen LogP) is 3.55. The number of ether oxygens (including phenoxy) is 1. The largest absolute Gasteiger partial charge is 0.465 e. The first-order chi connectivity index (χ1) is 21.1. The first-order valence-corrected chi connectivity index (χ1v) is 16.6. The standard InChI is InChI=1S/C30H42N5O8P/c1-5-42-44(40,43-6-2)20-27(29(37)35-15-14-34(30(38)39)18-21(35)3)32-28(36)26-17-23(33-13-12-24(19-33)41-4)16-25(31-26)22-10-8-7-9-11-22/h7-11,16-17,21,24,27H,5-6,12-15,18-20H2,1-4H3,(H,32,36)(H,38,39)/t21?,24-,27-/m0/s1. The van der Waals surface area contributed by atoms with E-state index in [1.54, 1.807) is 33.9 Å². The van der Waals surface area contributed by atoms with Crippen LogP contribution in [-0.4, -0.2) is 115 Å². The summed E-state index contributed by atoms with van der Waals surface area (Å²) in [5, 5.41) is 12.2. The highest BCUT2D eigenvalue weighted by molar-refractivity contribution is 7.54. The molecular weight excluding hydrogens is 589 g/mol. The van der Waals surface area contributed by atoms with E-state index in [1.807, 2.05) is 36.4 Å². The van der Waals surface area contributed by atoms with Crippen LogP contribution in [0.25, 0.3) is 11.3 Å². The third-order valence-electron chi connectivity index (χ3n) is 7.80. The zero-order valence-electron chi connectivity index (χ0n) is 25.7. The number of carbonyl (C=O) groups is 3. The van der Waals surface area contributed by atoms with E-state index < -0.39 is 43.7 Å². The lowest BCUT2D eigenvalue weighted by atomic mass is 10.1. The van der Waals surface area contributed by atoms with E-state index in [9.17, 15) is 24.1 Å². The second-order valence-corrected chi connectivity index (χ2v) is 12.9. The summed E-state index contributed by atoms with van der Waals surface area (Å²) >= 11 is 0. The summed E-state index contributed by atoms with van der Waals surface area (Å²) in [6.45, 7) is 6.98. The van der Waals surface area contributed by atoms with Crippen molar-refractivity contribution in [3.63, 3.8) is 0 Å². The van der Waals surface area contributed by atoms with Gasteiger partial charge in [-0.2, -0.15) is 0 Å². The van der Waals surface area contributed by atoms with Gasteiger partial charge >= 0.3 is 13.7 Å². The normalized spacial score (nSPS) is 19.6. The average Bonchev–Trinajstić information content (AvgIpc) is 3.50. The Morgan fingerprint density at radius 2 is 1.77 bits per heavy atom. The first-order valence-electron chi connectivity index (χ1n) is 14.9. The van der Waals surface area contributed by atoms with Crippen molar-refractivity contribution in [3.8, 4) is 11.3 Å². The number of amides is 3. The molecule has 240 valence electrons. The number of aromatic nitrogens is 1. The molecule has 14 heteroatoms. The molecule has 2 fully saturated rings. The number of rotatable bonds is 12. The minimum absolute atomic E-state index is 0.0671. The molecule has 3 atom stereocenters. The molecule has 2 aromatic rings. The third-order valence-corrected chi connectivity index (χ3v) is 9.91. The molecule has 1 unspecified atom stereocenters. The maximum Gasteiger partial charge on any atom is 0.407 e. The van der Waals surface area contributed by atoms with Gasteiger partial charge in [-0.05, 0) is 39.3 Å². The lowest BCUT2D eigenvalue weighted by Crippen LogP contribution is -2.60. The lowest BCUT2D eigenvalue weighted by Gasteiger charge is -2.40. The van der Waals surface area contributed by atoms with E-state index in [2.05, 4.69) is 15.2 Å². The molecule has 2 N–H and O–H groups in total. The first kappa shape index (κ1) is 33.4. The topological polar surface area (TPSA) is 151 Å². The number of benzene rings is 1. The van der Waals surface area contributed by atoms with Crippen LogP contribution in [0.4, 0.5) is 10.5 Å². The van der Waals surface area contributed by atoms with Gasteiger partial charge < -0.3 is 38.9 Å². The number of nitrogens with zero attached hydrogens (tertiary/aromatic N) is 4. The van der Waals surface area contributed by atoms with Crippen molar-refractivity contribution in [2.45, 2.75) is 45.4 Å². The molecule has 0 aliphatic carbocycles. The van der Waals surface area contributed by atoms with Crippen LogP contribution in [0.15, 0.2) is 42.5 Å². The zero-order chi connectivity index (χ0) is 31.9. The van der Waals surface area contributed by atoms with E-state index in [0.717, 1.165) is 24.2 Å².